The molecule has 0 amide bonds. The van der Waals surface area contributed by atoms with Crippen molar-refractivity contribution in [1.82, 2.24) is 14.7 Å². The van der Waals surface area contributed by atoms with Crippen molar-refractivity contribution in [2.45, 2.75) is 25.9 Å². The van der Waals surface area contributed by atoms with Gasteiger partial charge in [-0.3, -0.25) is 4.90 Å². The molecular formula is C16H21N3O2S. The second-order valence-electron chi connectivity index (χ2n) is 5.69. The Labute approximate surface area is 131 Å². The van der Waals surface area contributed by atoms with E-state index in [1.165, 1.54) is 0 Å². The lowest BCUT2D eigenvalue weighted by Gasteiger charge is -2.26. The van der Waals surface area contributed by atoms with Gasteiger partial charge in [-0.05, 0) is 31.2 Å². The van der Waals surface area contributed by atoms with E-state index in [9.17, 15) is 8.42 Å². The van der Waals surface area contributed by atoms with Crippen LogP contribution in [0.25, 0.3) is 5.69 Å². The van der Waals surface area contributed by atoms with Crippen molar-refractivity contribution in [3.63, 3.8) is 0 Å². The average molecular weight is 319 g/mol. The molecule has 0 spiro atoms. The Hall–Kier alpha value is -1.66. The lowest BCUT2D eigenvalue weighted by atomic mass is 10.2. The molecule has 118 valence electrons. The zero-order valence-electron chi connectivity index (χ0n) is 12.7. The van der Waals surface area contributed by atoms with Crippen molar-refractivity contribution in [3.8, 4) is 5.69 Å². The third-order valence-corrected chi connectivity index (χ3v) is 5.97. The van der Waals surface area contributed by atoms with Crippen molar-refractivity contribution in [2.24, 2.45) is 0 Å². The smallest absolute Gasteiger partial charge is 0.151 e. The van der Waals surface area contributed by atoms with Crippen LogP contribution in [0.5, 0.6) is 0 Å². The molecule has 2 heterocycles. The maximum Gasteiger partial charge on any atom is 0.151 e. The molecule has 1 aromatic carbocycles. The molecule has 0 unspecified atom stereocenters. The van der Waals surface area contributed by atoms with E-state index in [1.807, 2.05) is 41.1 Å². The van der Waals surface area contributed by atoms with Crippen molar-refractivity contribution in [1.29, 1.82) is 0 Å². The number of para-hydroxylation sites is 1. The van der Waals surface area contributed by atoms with E-state index in [1.54, 1.807) is 6.20 Å². The molecule has 1 aliphatic heterocycles. The molecular weight excluding hydrogens is 298 g/mol. The van der Waals surface area contributed by atoms with Crippen LogP contribution < -0.4 is 0 Å². The number of aromatic nitrogens is 2. The Morgan fingerprint density at radius 2 is 2.05 bits per heavy atom. The van der Waals surface area contributed by atoms with Gasteiger partial charge in [-0.25, -0.2) is 13.1 Å². The minimum absolute atomic E-state index is 0.120. The second-order valence-corrected chi connectivity index (χ2v) is 7.92. The molecule has 0 saturated carbocycles. The Morgan fingerprint density at radius 1 is 1.27 bits per heavy atom. The van der Waals surface area contributed by atoms with Gasteiger partial charge in [0, 0.05) is 18.8 Å². The summed E-state index contributed by atoms with van der Waals surface area (Å²) in [4.78, 5) is 2.24. The highest BCUT2D eigenvalue weighted by Crippen LogP contribution is 2.20. The van der Waals surface area contributed by atoms with Crippen LogP contribution in [0.15, 0.2) is 42.6 Å². The lowest BCUT2D eigenvalue weighted by molar-refractivity contribution is 0.210. The summed E-state index contributed by atoms with van der Waals surface area (Å²) in [6, 6.07) is 12.1. The standard InChI is InChI=1S/C16H21N3O2S/c1-2-18(16-9-11-22(20,21)13-16)12-15-8-10-17-19(15)14-6-4-3-5-7-14/h3-8,10,16H,2,9,11-13H2,1H3/t16-/m1/s1. The molecule has 1 saturated heterocycles. The van der Waals surface area contributed by atoms with Gasteiger partial charge in [-0.15, -0.1) is 0 Å². The van der Waals surface area contributed by atoms with Gasteiger partial charge >= 0.3 is 0 Å². The highest BCUT2D eigenvalue weighted by atomic mass is 32.2. The molecule has 1 aliphatic rings. The summed E-state index contributed by atoms with van der Waals surface area (Å²) in [7, 11) is -2.86. The average Bonchev–Trinajstić information content (AvgIpc) is 3.11. The fourth-order valence-corrected chi connectivity index (χ4v) is 4.78. The van der Waals surface area contributed by atoms with E-state index in [0.717, 1.165) is 24.3 Å². The van der Waals surface area contributed by atoms with Crippen molar-refractivity contribution in [2.75, 3.05) is 18.1 Å². The van der Waals surface area contributed by atoms with Crippen LogP contribution in [0.2, 0.25) is 0 Å². The Balaban J connectivity index is 1.80. The van der Waals surface area contributed by atoms with Crippen LogP contribution in [-0.2, 0) is 16.4 Å². The molecule has 1 aromatic heterocycles. The number of sulfone groups is 1. The molecule has 1 atom stereocenters. The SMILES string of the molecule is CCN(Cc1ccnn1-c1ccccc1)[C@@H]1CCS(=O)(=O)C1. The topological polar surface area (TPSA) is 55.2 Å². The fourth-order valence-electron chi connectivity index (χ4n) is 3.02. The van der Waals surface area contributed by atoms with Crippen LogP contribution in [0.1, 0.15) is 19.0 Å². The molecule has 5 nitrogen and oxygen atoms in total. The van der Waals surface area contributed by atoms with Gasteiger partial charge in [0.2, 0.25) is 0 Å². The van der Waals surface area contributed by atoms with E-state index in [0.29, 0.717) is 12.3 Å². The molecule has 3 rings (SSSR count). The molecule has 0 N–H and O–H groups in total. The summed E-state index contributed by atoms with van der Waals surface area (Å²) >= 11 is 0. The Morgan fingerprint density at radius 3 is 2.68 bits per heavy atom. The number of hydrogen-bond acceptors (Lipinski definition) is 4. The van der Waals surface area contributed by atoms with Gasteiger partial charge in [0.25, 0.3) is 0 Å². The van der Waals surface area contributed by atoms with Gasteiger partial charge < -0.3 is 0 Å². The van der Waals surface area contributed by atoms with Crippen LogP contribution in [0.4, 0.5) is 0 Å². The van der Waals surface area contributed by atoms with E-state index >= 15 is 0 Å². The highest BCUT2D eigenvalue weighted by Gasteiger charge is 2.31. The molecule has 1 fully saturated rings. The fraction of sp³-hybridized carbons (Fsp3) is 0.438. The van der Waals surface area contributed by atoms with Crippen LogP contribution in [-0.4, -0.2) is 47.2 Å². The zero-order valence-corrected chi connectivity index (χ0v) is 13.5. The highest BCUT2D eigenvalue weighted by molar-refractivity contribution is 7.91. The van der Waals surface area contributed by atoms with Crippen molar-refractivity contribution < 1.29 is 8.42 Å². The normalized spacial score (nSPS) is 20.5. The largest absolute Gasteiger partial charge is 0.294 e. The number of rotatable bonds is 5. The van der Waals surface area contributed by atoms with Crippen molar-refractivity contribution >= 4 is 9.84 Å². The van der Waals surface area contributed by atoms with Gasteiger partial charge in [-0.2, -0.15) is 5.10 Å². The van der Waals surface area contributed by atoms with E-state index < -0.39 is 9.84 Å². The first-order chi connectivity index (χ1) is 10.6. The van der Waals surface area contributed by atoms with E-state index in [2.05, 4.69) is 16.9 Å². The minimum atomic E-state index is -2.86. The zero-order chi connectivity index (χ0) is 15.6. The summed E-state index contributed by atoms with van der Waals surface area (Å²) < 4.78 is 25.3. The predicted octanol–water partition coefficient (Wildman–Crippen LogP) is 1.88. The maximum absolute atomic E-state index is 11.7. The first-order valence-corrected chi connectivity index (χ1v) is 9.44. The molecule has 0 aliphatic carbocycles. The van der Waals surface area contributed by atoms with Crippen LogP contribution in [0.3, 0.4) is 0 Å². The summed E-state index contributed by atoms with van der Waals surface area (Å²) in [5.41, 5.74) is 2.11. The third kappa shape index (κ3) is 3.23. The summed E-state index contributed by atoms with van der Waals surface area (Å²) in [6.07, 6.45) is 2.53. The first kappa shape index (κ1) is 15.2. The second kappa shape index (κ2) is 6.22. The van der Waals surface area contributed by atoms with Crippen molar-refractivity contribution in [3.05, 3.63) is 48.3 Å². The van der Waals surface area contributed by atoms with E-state index in [4.69, 9.17) is 0 Å². The lowest BCUT2D eigenvalue weighted by Crippen LogP contribution is -2.36. The quantitative estimate of drug-likeness (QED) is 0.844. The summed E-state index contributed by atoms with van der Waals surface area (Å²) in [5.74, 6) is 0.590. The Kier molecular flexibility index (Phi) is 4.31. The molecule has 2 aromatic rings. The van der Waals surface area contributed by atoms with Crippen LogP contribution >= 0.6 is 0 Å². The summed E-state index contributed by atoms with van der Waals surface area (Å²) in [6.45, 7) is 3.62. The molecule has 22 heavy (non-hydrogen) atoms. The predicted molar refractivity (Wildman–Crippen MR) is 86.7 cm³/mol. The molecule has 6 heteroatoms. The van der Waals surface area contributed by atoms with Gasteiger partial charge in [-0.1, -0.05) is 25.1 Å². The molecule has 0 radical (unpaired) electrons. The van der Waals surface area contributed by atoms with Crippen LogP contribution in [0, 0.1) is 0 Å². The van der Waals surface area contributed by atoms with Gasteiger partial charge in [0.1, 0.15) is 0 Å². The third-order valence-electron chi connectivity index (χ3n) is 4.22. The van der Waals surface area contributed by atoms with E-state index in [-0.39, 0.29) is 11.8 Å². The number of nitrogens with zero attached hydrogens (tertiary/aromatic N) is 3. The number of hydrogen-bond donors (Lipinski definition) is 0. The van der Waals surface area contributed by atoms with Gasteiger partial charge in [0.05, 0.1) is 22.9 Å². The minimum Gasteiger partial charge on any atom is -0.294 e. The molecule has 0 bridgehead atoms. The maximum atomic E-state index is 11.7. The number of benzene rings is 1. The van der Waals surface area contributed by atoms with Gasteiger partial charge in [0.15, 0.2) is 9.84 Å². The monoisotopic (exact) mass is 319 g/mol. The summed E-state index contributed by atoms with van der Waals surface area (Å²) in [5, 5.41) is 4.40. The first-order valence-electron chi connectivity index (χ1n) is 7.62. The Bertz CT molecular complexity index is 725.